The summed E-state index contributed by atoms with van der Waals surface area (Å²) in [6.45, 7) is 0. The fourth-order valence-electron chi connectivity index (χ4n) is 0.598. The standard InChI is InChI=1S/C6H6Cl2F5NO3S/c7-2(1-18(16)6(8,12)13)3(14)17-4(15)5(9,10)11/h2-3H,1,14H2. The molecule has 4 nitrogen and oxygen atoms in total. The molecule has 0 saturated carbocycles. The SMILES string of the molecule is NC(OC(=O)C(F)(F)F)C(Cl)C[S+]([O-])C(F)(F)Cl. The van der Waals surface area contributed by atoms with Crippen LogP contribution in [0.2, 0.25) is 0 Å². The molecule has 0 fully saturated rings. The summed E-state index contributed by atoms with van der Waals surface area (Å²) in [4.78, 5) is 10.3. The second-order valence-corrected chi connectivity index (χ2v) is 5.64. The zero-order chi connectivity index (χ0) is 14.7. The van der Waals surface area contributed by atoms with E-state index in [1.165, 1.54) is 0 Å². The zero-order valence-corrected chi connectivity index (χ0v) is 10.5. The first-order valence-corrected chi connectivity index (χ1v) is 6.11. The zero-order valence-electron chi connectivity index (χ0n) is 8.22. The van der Waals surface area contributed by atoms with Crippen molar-refractivity contribution >= 4 is 40.3 Å². The Kier molecular flexibility index (Phi) is 6.41. The van der Waals surface area contributed by atoms with E-state index in [1.54, 1.807) is 0 Å². The molecule has 3 unspecified atom stereocenters. The highest BCUT2D eigenvalue weighted by Crippen LogP contribution is 2.29. The number of esters is 1. The van der Waals surface area contributed by atoms with Gasteiger partial charge in [-0.25, -0.2) is 4.79 Å². The Morgan fingerprint density at radius 1 is 1.39 bits per heavy atom. The van der Waals surface area contributed by atoms with Crippen LogP contribution in [0.1, 0.15) is 0 Å². The third-order valence-corrected chi connectivity index (χ3v) is 3.68. The number of carbonyl (C=O) groups excluding carboxylic acids is 1. The van der Waals surface area contributed by atoms with E-state index in [-0.39, 0.29) is 0 Å². The normalized spacial score (nSPS) is 18.1. The second-order valence-electron chi connectivity index (χ2n) is 2.84. The second kappa shape index (κ2) is 6.42. The number of rotatable bonds is 5. The Hall–Kier alpha value is -0.0300. The van der Waals surface area contributed by atoms with E-state index in [0.717, 1.165) is 0 Å². The van der Waals surface area contributed by atoms with Crippen LogP contribution in [-0.2, 0) is 20.7 Å². The molecular formula is C6H6Cl2F5NO3S. The largest absolute Gasteiger partial charge is 0.611 e. The topological polar surface area (TPSA) is 75.4 Å². The van der Waals surface area contributed by atoms with Gasteiger partial charge in [0.25, 0.3) is 0 Å². The molecule has 0 saturated heterocycles. The first-order valence-electron chi connectivity index (χ1n) is 3.98. The van der Waals surface area contributed by atoms with Gasteiger partial charge in [0.05, 0.1) is 0 Å². The molecule has 0 aromatic carbocycles. The minimum absolute atomic E-state index is 1.05. The minimum Gasteiger partial charge on any atom is -0.611 e. The molecule has 0 aromatic heterocycles. The Morgan fingerprint density at radius 2 is 1.83 bits per heavy atom. The lowest BCUT2D eigenvalue weighted by molar-refractivity contribution is -0.204. The van der Waals surface area contributed by atoms with Crippen molar-refractivity contribution in [3.63, 3.8) is 0 Å². The summed E-state index contributed by atoms with van der Waals surface area (Å²) in [5, 5.41) is -1.72. The molecular weight excluding hydrogens is 332 g/mol. The van der Waals surface area contributed by atoms with Gasteiger partial charge < -0.3 is 9.29 Å². The highest BCUT2D eigenvalue weighted by Gasteiger charge is 2.45. The molecule has 0 aliphatic rings. The number of hydrogen-bond acceptors (Lipinski definition) is 4. The van der Waals surface area contributed by atoms with Crippen molar-refractivity contribution in [2.75, 3.05) is 5.75 Å². The van der Waals surface area contributed by atoms with Gasteiger partial charge in [0.15, 0.2) is 6.23 Å². The monoisotopic (exact) mass is 337 g/mol. The van der Waals surface area contributed by atoms with Crippen molar-refractivity contribution in [1.29, 1.82) is 0 Å². The van der Waals surface area contributed by atoms with Gasteiger partial charge in [0, 0.05) is 22.8 Å². The molecule has 0 aliphatic heterocycles. The number of nitrogens with two attached hydrogens (primary N) is 1. The lowest BCUT2D eigenvalue weighted by Gasteiger charge is -2.21. The van der Waals surface area contributed by atoms with E-state index in [1.807, 2.05) is 0 Å². The van der Waals surface area contributed by atoms with Crippen LogP contribution in [0.15, 0.2) is 0 Å². The first-order chi connectivity index (χ1) is 7.85. The molecule has 18 heavy (non-hydrogen) atoms. The maximum atomic E-state index is 12.3. The van der Waals surface area contributed by atoms with Gasteiger partial charge in [0.2, 0.25) is 0 Å². The van der Waals surface area contributed by atoms with Gasteiger partial charge >= 0.3 is 16.9 Å². The van der Waals surface area contributed by atoms with Crippen LogP contribution in [0.5, 0.6) is 0 Å². The molecule has 108 valence electrons. The van der Waals surface area contributed by atoms with E-state index in [0.29, 0.717) is 0 Å². The summed E-state index contributed by atoms with van der Waals surface area (Å²) in [5.41, 5.74) is 4.91. The van der Waals surface area contributed by atoms with Gasteiger partial charge in [0.1, 0.15) is 11.1 Å². The van der Waals surface area contributed by atoms with Gasteiger partial charge in [-0.15, -0.1) is 20.4 Å². The lowest BCUT2D eigenvalue weighted by Crippen LogP contribution is -2.44. The molecule has 0 spiro atoms. The van der Waals surface area contributed by atoms with Crippen LogP contribution < -0.4 is 5.73 Å². The van der Waals surface area contributed by atoms with Gasteiger partial charge in [-0.1, -0.05) is 0 Å². The Bertz CT molecular complexity index is 300. The number of carbonyl (C=O) groups is 1. The van der Waals surface area contributed by atoms with Crippen molar-refractivity contribution in [2.24, 2.45) is 5.73 Å². The summed E-state index contributed by atoms with van der Waals surface area (Å²) < 4.78 is 70.1. The predicted molar refractivity (Wildman–Crippen MR) is 53.6 cm³/mol. The van der Waals surface area contributed by atoms with E-state index < -0.39 is 45.4 Å². The quantitative estimate of drug-likeness (QED) is 0.271. The molecule has 0 radical (unpaired) electrons. The third kappa shape index (κ3) is 6.23. The van der Waals surface area contributed by atoms with Gasteiger partial charge in [-0.05, 0) is 0 Å². The van der Waals surface area contributed by atoms with E-state index in [9.17, 15) is 31.3 Å². The van der Waals surface area contributed by atoms with Crippen LogP contribution in [-0.4, -0.2) is 38.8 Å². The lowest BCUT2D eigenvalue weighted by atomic mass is 10.4. The van der Waals surface area contributed by atoms with Crippen LogP contribution in [0, 0.1) is 0 Å². The molecule has 2 N–H and O–H groups in total. The molecule has 12 heteroatoms. The van der Waals surface area contributed by atoms with Crippen molar-refractivity contribution < 1.29 is 36.0 Å². The highest BCUT2D eigenvalue weighted by atomic mass is 35.5. The fourth-order valence-corrected chi connectivity index (χ4v) is 1.85. The molecule has 0 heterocycles. The highest BCUT2D eigenvalue weighted by molar-refractivity contribution is 7.93. The molecule has 0 aromatic rings. The smallest absolute Gasteiger partial charge is 0.491 e. The molecule has 0 amide bonds. The summed E-state index contributed by atoms with van der Waals surface area (Å²) in [5.74, 6) is -3.69. The Labute approximate surface area is 111 Å². The van der Waals surface area contributed by atoms with Crippen molar-refractivity contribution in [3.05, 3.63) is 0 Å². The average molecular weight is 338 g/mol. The predicted octanol–water partition coefficient (Wildman–Crippen LogP) is 1.52. The van der Waals surface area contributed by atoms with Crippen LogP contribution in [0.25, 0.3) is 0 Å². The maximum absolute atomic E-state index is 12.3. The Balaban J connectivity index is 4.36. The molecule has 0 rings (SSSR count). The average Bonchev–Trinajstić information content (AvgIpc) is 2.14. The summed E-state index contributed by atoms with van der Waals surface area (Å²) in [6.07, 6.45) is -7.35. The number of halogens is 7. The molecule has 3 atom stereocenters. The van der Waals surface area contributed by atoms with E-state index >= 15 is 0 Å². The first kappa shape index (κ1) is 18.0. The number of hydrogen-bond donors (Lipinski definition) is 1. The minimum atomic E-state index is -5.30. The Morgan fingerprint density at radius 3 is 2.17 bits per heavy atom. The van der Waals surface area contributed by atoms with Crippen LogP contribution in [0.4, 0.5) is 22.0 Å². The molecule has 0 aliphatic carbocycles. The maximum Gasteiger partial charge on any atom is 0.491 e. The van der Waals surface area contributed by atoms with Crippen molar-refractivity contribution in [2.45, 2.75) is 22.5 Å². The summed E-state index contributed by atoms with van der Waals surface area (Å²) >= 11 is 6.69. The van der Waals surface area contributed by atoms with Gasteiger partial charge in [-0.3, -0.25) is 5.73 Å². The van der Waals surface area contributed by atoms with E-state index in [4.69, 9.17) is 17.3 Å². The van der Waals surface area contributed by atoms with Crippen molar-refractivity contribution in [1.82, 2.24) is 0 Å². The fraction of sp³-hybridized carbons (Fsp3) is 0.833. The van der Waals surface area contributed by atoms with Gasteiger partial charge in [-0.2, -0.15) is 13.2 Å². The third-order valence-electron chi connectivity index (χ3n) is 1.40. The van der Waals surface area contributed by atoms with Crippen molar-refractivity contribution in [3.8, 4) is 0 Å². The summed E-state index contributed by atoms with van der Waals surface area (Å²) in [7, 11) is 0. The van der Waals surface area contributed by atoms with Crippen LogP contribution in [0.3, 0.4) is 0 Å². The van der Waals surface area contributed by atoms with E-state index in [2.05, 4.69) is 16.3 Å². The van der Waals surface area contributed by atoms with Crippen LogP contribution >= 0.6 is 23.2 Å². The number of ether oxygens (including phenoxy) is 1. The number of alkyl halides is 7. The molecule has 0 bridgehead atoms. The summed E-state index contributed by atoms with van der Waals surface area (Å²) in [6, 6.07) is 0.